The highest BCUT2D eigenvalue weighted by atomic mass is 32.2. The Hall–Kier alpha value is -2.35. The molecule has 0 bridgehead atoms. The summed E-state index contributed by atoms with van der Waals surface area (Å²) in [6, 6.07) is 6.38. The number of aryl methyl sites for hydroxylation is 1. The van der Waals surface area contributed by atoms with Crippen molar-refractivity contribution in [2.45, 2.75) is 18.7 Å². The van der Waals surface area contributed by atoms with Crippen molar-refractivity contribution in [1.29, 1.82) is 0 Å². The fourth-order valence-electron chi connectivity index (χ4n) is 1.52. The number of ether oxygens (including phenoxy) is 3. The van der Waals surface area contributed by atoms with Crippen LogP contribution in [0.2, 0.25) is 0 Å². The highest BCUT2D eigenvalue weighted by Gasteiger charge is 2.15. The second-order valence-electron chi connectivity index (χ2n) is 5.00. The molecule has 0 unspecified atom stereocenters. The van der Waals surface area contributed by atoms with E-state index in [2.05, 4.69) is 16.1 Å². The van der Waals surface area contributed by atoms with E-state index in [0.29, 0.717) is 0 Å². The van der Waals surface area contributed by atoms with Gasteiger partial charge in [-0.3, -0.25) is 0 Å². The van der Waals surface area contributed by atoms with Gasteiger partial charge in [-0.1, -0.05) is 24.3 Å². The Kier molecular flexibility index (Phi) is 7.44. The average Bonchev–Trinajstić information content (AvgIpc) is 2.51. The maximum Gasteiger partial charge on any atom is 0.508 e. The van der Waals surface area contributed by atoms with E-state index in [9.17, 15) is 18.0 Å². The summed E-state index contributed by atoms with van der Waals surface area (Å²) in [5.74, 6) is -0.938. The van der Waals surface area contributed by atoms with Crippen LogP contribution in [0.25, 0.3) is 0 Å². The monoisotopic (exact) mass is 356 g/mol. The minimum atomic E-state index is -3.53. The van der Waals surface area contributed by atoms with Gasteiger partial charge < -0.3 is 14.2 Å². The first-order chi connectivity index (χ1) is 11.2. The van der Waals surface area contributed by atoms with Crippen LogP contribution >= 0.6 is 0 Å². The third kappa shape index (κ3) is 6.82. The largest absolute Gasteiger partial charge is 0.508 e. The molecule has 0 atom stereocenters. The van der Waals surface area contributed by atoms with Crippen molar-refractivity contribution in [2.75, 3.05) is 25.6 Å². The van der Waals surface area contributed by atoms with Crippen LogP contribution in [0.4, 0.5) is 4.79 Å². The topological polar surface area (TPSA) is 96.0 Å². The molecule has 0 fully saturated rings. The molecule has 0 saturated heterocycles. The first-order valence-corrected chi connectivity index (χ1v) is 8.79. The fraction of sp³-hybridized carbons (Fsp3) is 0.375. The van der Waals surface area contributed by atoms with Crippen LogP contribution in [0.5, 0.6) is 0 Å². The van der Waals surface area contributed by atoms with Crippen LogP contribution in [-0.4, -0.2) is 46.1 Å². The minimum Gasteiger partial charge on any atom is -0.459 e. The Labute approximate surface area is 141 Å². The average molecular weight is 356 g/mol. The molecule has 0 aliphatic heterocycles. The van der Waals surface area contributed by atoms with Crippen LogP contribution < -0.4 is 0 Å². The van der Waals surface area contributed by atoms with Crippen LogP contribution in [0.1, 0.15) is 12.5 Å². The standard InChI is InChI=1S/C16H20O7S/c1-12(2)15(17)21-8-9-22-16(18)23-10-11-24(19,20)14-6-4-13(3)5-7-14/h4-7H,1,8-11H2,2-3H3. The van der Waals surface area contributed by atoms with Crippen LogP contribution in [-0.2, 0) is 28.8 Å². The summed E-state index contributed by atoms with van der Waals surface area (Å²) in [6.45, 7) is 6.08. The van der Waals surface area contributed by atoms with Crippen molar-refractivity contribution < 1.29 is 32.2 Å². The van der Waals surface area contributed by atoms with Gasteiger partial charge in [0.05, 0.1) is 10.6 Å². The summed E-state index contributed by atoms with van der Waals surface area (Å²) in [7, 11) is -3.53. The smallest absolute Gasteiger partial charge is 0.459 e. The van der Waals surface area contributed by atoms with Crippen LogP contribution in [0.3, 0.4) is 0 Å². The number of sulfone groups is 1. The van der Waals surface area contributed by atoms with Gasteiger partial charge in [0.15, 0.2) is 9.84 Å². The lowest BCUT2D eigenvalue weighted by atomic mass is 10.2. The van der Waals surface area contributed by atoms with E-state index in [1.54, 1.807) is 12.1 Å². The molecule has 0 radical (unpaired) electrons. The van der Waals surface area contributed by atoms with E-state index in [1.807, 2.05) is 6.92 Å². The summed E-state index contributed by atoms with van der Waals surface area (Å²) >= 11 is 0. The molecule has 0 heterocycles. The number of hydrogen-bond donors (Lipinski definition) is 0. The molecular formula is C16H20O7S. The molecule has 1 aromatic carbocycles. The molecule has 0 N–H and O–H groups in total. The quantitative estimate of drug-likeness (QED) is 0.399. The number of hydrogen-bond acceptors (Lipinski definition) is 7. The van der Waals surface area contributed by atoms with Gasteiger partial charge in [0.1, 0.15) is 19.8 Å². The van der Waals surface area contributed by atoms with Gasteiger partial charge in [-0.2, -0.15) is 0 Å². The molecule has 0 amide bonds. The summed E-state index contributed by atoms with van der Waals surface area (Å²) in [4.78, 5) is 22.5. The molecule has 8 heteroatoms. The molecular weight excluding hydrogens is 336 g/mol. The number of esters is 1. The van der Waals surface area contributed by atoms with Crippen molar-refractivity contribution in [2.24, 2.45) is 0 Å². The third-order valence-electron chi connectivity index (χ3n) is 2.84. The van der Waals surface area contributed by atoms with E-state index >= 15 is 0 Å². The Balaban J connectivity index is 2.28. The fourth-order valence-corrected chi connectivity index (χ4v) is 2.61. The Bertz CT molecular complexity index is 690. The number of rotatable bonds is 8. The molecule has 1 rings (SSSR count). The molecule has 24 heavy (non-hydrogen) atoms. The maximum atomic E-state index is 12.0. The van der Waals surface area contributed by atoms with E-state index in [0.717, 1.165) is 5.56 Å². The van der Waals surface area contributed by atoms with Gasteiger partial charge in [0.25, 0.3) is 0 Å². The number of carbonyl (C=O) groups excluding carboxylic acids is 2. The molecule has 1 aromatic rings. The molecule has 7 nitrogen and oxygen atoms in total. The normalized spacial score (nSPS) is 10.8. The second kappa shape index (κ2) is 9.07. The van der Waals surface area contributed by atoms with E-state index in [1.165, 1.54) is 19.1 Å². The zero-order valence-corrected chi connectivity index (χ0v) is 14.4. The summed E-state index contributed by atoms with van der Waals surface area (Å²) in [5.41, 5.74) is 1.18. The highest BCUT2D eigenvalue weighted by molar-refractivity contribution is 7.91. The Morgan fingerprint density at radius 1 is 1.00 bits per heavy atom. The molecule has 0 saturated carbocycles. The lowest BCUT2D eigenvalue weighted by Gasteiger charge is -2.08. The third-order valence-corrected chi connectivity index (χ3v) is 4.53. The zero-order chi connectivity index (χ0) is 18.2. The predicted octanol–water partition coefficient (Wildman–Crippen LogP) is 2.04. The summed E-state index contributed by atoms with van der Waals surface area (Å²) < 4.78 is 38.1. The van der Waals surface area contributed by atoms with Gasteiger partial charge >= 0.3 is 12.1 Å². The summed E-state index contributed by atoms with van der Waals surface area (Å²) in [5, 5.41) is 0. The molecule has 0 aliphatic rings. The maximum absolute atomic E-state index is 12.0. The Morgan fingerprint density at radius 2 is 1.54 bits per heavy atom. The van der Waals surface area contributed by atoms with Crippen molar-refractivity contribution >= 4 is 22.0 Å². The molecule has 0 aromatic heterocycles. The van der Waals surface area contributed by atoms with E-state index < -0.39 is 22.0 Å². The minimum absolute atomic E-state index is 0.136. The molecule has 0 spiro atoms. The first-order valence-electron chi connectivity index (χ1n) is 7.14. The van der Waals surface area contributed by atoms with Crippen molar-refractivity contribution in [3.05, 3.63) is 42.0 Å². The lowest BCUT2D eigenvalue weighted by Crippen LogP contribution is -2.18. The second-order valence-corrected chi connectivity index (χ2v) is 7.10. The van der Waals surface area contributed by atoms with Gasteiger partial charge in [-0.15, -0.1) is 0 Å². The van der Waals surface area contributed by atoms with Gasteiger partial charge in [-0.25, -0.2) is 18.0 Å². The first kappa shape index (κ1) is 19.7. The summed E-state index contributed by atoms with van der Waals surface area (Å²) in [6.07, 6.45) is -1.03. The van der Waals surface area contributed by atoms with Crippen molar-refractivity contribution in [3.8, 4) is 0 Å². The lowest BCUT2D eigenvalue weighted by molar-refractivity contribution is -0.140. The van der Waals surface area contributed by atoms with Gasteiger partial charge in [0.2, 0.25) is 0 Å². The van der Waals surface area contributed by atoms with Gasteiger partial charge in [-0.05, 0) is 26.0 Å². The number of carbonyl (C=O) groups is 2. The van der Waals surface area contributed by atoms with Crippen molar-refractivity contribution in [3.63, 3.8) is 0 Å². The van der Waals surface area contributed by atoms with E-state index in [4.69, 9.17) is 4.74 Å². The SMILES string of the molecule is C=C(C)C(=O)OCCOC(=O)OCCS(=O)(=O)c1ccc(C)cc1. The van der Waals surface area contributed by atoms with Crippen LogP contribution in [0, 0.1) is 6.92 Å². The Morgan fingerprint density at radius 3 is 2.12 bits per heavy atom. The predicted molar refractivity (Wildman–Crippen MR) is 86.3 cm³/mol. The molecule has 0 aliphatic carbocycles. The zero-order valence-electron chi connectivity index (χ0n) is 13.6. The number of benzene rings is 1. The highest BCUT2D eigenvalue weighted by Crippen LogP contribution is 2.12. The van der Waals surface area contributed by atoms with E-state index in [-0.39, 0.29) is 36.0 Å². The van der Waals surface area contributed by atoms with Crippen molar-refractivity contribution in [1.82, 2.24) is 0 Å². The van der Waals surface area contributed by atoms with Crippen LogP contribution in [0.15, 0.2) is 41.3 Å². The van der Waals surface area contributed by atoms with Gasteiger partial charge in [0, 0.05) is 5.57 Å². The molecule has 132 valence electrons.